The summed E-state index contributed by atoms with van der Waals surface area (Å²) in [6.07, 6.45) is 11.7. The lowest BCUT2D eigenvalue weighted by molar-refractivity contribution is -0.134. The predicted octanol–water partition coefficient (Wildman–Crippen LogP) is 7.96. The van der Waals surface area contributed by atoms with Gasteiger partial charge in [0.05, 0.1) is 39.7 Å². The first kappa shape index (κ1) is 43.5. The van der Waals surface area contributed by atoms with E-state index in [4.69, 9.17) is 9.72 Å². The van der Waals surface area contributed by atoms with E-state index >= 15 is 0 Å². The van der Waals surface area contributed by atoms with Gasteiger partial charge < -0.3 is 34.6 Å². The number of methoxy groups -OCH3 is 1. The number of carbonyl (C=O) groups excluding carboxylic acids is 2. The molecule has 5 heterocycles. The van der Waals surface area contributed by atoms with Crippen LogP contribution in [0.1, 0.15) is 62.0 Å². The number of hydrogen-bond acceptors (Lipinski definition) is 13. The van der Waals surface area contributed by atoms with Crippen LogP contribution in [0.25, 0.3) is 11.0 Å². The van der Waals surface area contributed by atoms with E-state index in [1.54, 1.807) is 39.0 Å². The lowest BCUT2D eigenvalue weighted by Gasteiger charge is -2.39. The molecule has 2 amide bonds. The maximum atomic E-state index is 13.5. The average molecular weight is 924 g/mol. The van der Waals surface area contributed by atoms with E-state index in [0.29, 0.717) is 62.9 Å². The second-order valence-corrected chi connectivity index (χ2v) is 21.2. The molecule has 1 atom stereocenters. The minimum absolute atomic E-state index is 0.177. The molecule has 326 valence electrons. The van der Waals surface area contributed by atoms with Crippen molar-refractivity contribution in [3.05, 3.63) is 82.7 Å². The normalized spacial score (nSPS) is 18.0. The highest BCUT2D eigenvalue weighted by Gasteiger charge is 2.29. The van der Waals surface area contributed by atoms with Gasteiger partial charge >= 0.3 is 0 Å². The van der Waals surface area contributed by atoms with Gasteiger partial charge in [0.1, 0.15) is 24.2 Å². The van der Waals surface area contributed by atoms with Gasteiger partial charge in [-0.15, -0.1) is 0 Å². The summed E-state index contributed by atoms with van der Waals surface area (Å²) < 4.78 is 20.1. The Morgan fingerprint density at radius 1 is 0.903 bits per heavy atom. The fourth-order valence-electron chi connectivity index (χ4n) is 9.24. The number of nitrogens with zero attached hydrogens (tertiary/aromatic N) is 7. The second kappa shape index (κ2) is 18.7. The number of nitrogens with one attached hydrogen (secondary N) is 3. The van der Waals surface area contributed by atoms with E-state index in [9.17, 15) is 14.2 Å². The molecule has 5 aromatic rings. The minimum atomic E-state index is -2.76. The van der Waals surface area contributed by atoms with Gasteiger partial charge in [0, 0.05) is 74.7 Å². The standard InChI is InChI=1S/C46H56BrN10O4P/c1-29-26-38(52-46-50-28-35(47)44(54-46)51-37-12-11-36-42(49-20-19-48-36)43(37)62(4,5)60)40(61-3)27-39(29)57-24-17-32(18-25-57)55(2)21-14-30-15-22-56(23-16-30)33-8-6-31(7-9-33)34-10-13-41(58)53-45(34)59/h6-9,11-12,19-20,26-28,30,32,34H,10,13-18,21-25H2,1-5H3,(H,53,58,59)(H2,50,51,52,54). The number of ether oxygens (including phenoxy) is 1. The summed E-state index contributed by atoms with van der Waals surface area (Å²) in [6.45, 7) is 10.7. The molecule has 3 aliphatic heterocycles. The molecule has 0 radical (unpaired) electrons. The molecule has 0 aliphatic carbocycles. The molecule has 3 fully saturated rings. The Hall–Kier alpha value is -5.11. The van der Waals surface area contributed by atoms with Gasteiger partial charge in [-0.2, -0.15) is 4.98 Å². The lowest BCUT2D eigenvalue weighted by atomic mass is 9.90. The van der Waals surface area contributed by atoms with Gasteiger partial charge in [-0.05, 0) is 136 Å². The van der Waals surface area contributed by atoms with Crippen molar-refractivity contribution in [2.45, 2.75) is 63.8 Å². The number of piperidine rings is 3. The van der Waals surface area contributed by atoms with Crippen LogP contribution in [-0.2, 0) is 14.2 Å². The fourth-order valence-corrected chi connectivity index (χ4v) is 10.9. The van der Waals surface area contributed by atoms with E-state index in [1.165, 1.54) is 30.6 Å². The average Bonchev–Trinajstić information content (AvgIpc) is 3.26. The van der Waals surface area contributed by atoms with Crippen LogP contribution < -0.4 is 35.8 Å². The SMILES string of the molecule is COc1cc(N2CCC(N(C)CCC3CCN(c4ccc(C5CCC(=O)NC5=O)cc4)CC3)CC2)c(C)cc1Nc1ncc(Br)c(Nc2ccc3nccnc3c2P(C)(C)=O)n1. The molecule has 0 saturated carbocycles. The number of halogens is 1. The number of fused-ring (bicyclic) bond motifs is 1. The largest absolute Gasteiger partial charge is 0.494 e. The summed E-state index contributed by atoms with van der Waals surface area (Å²) >= 11 is 3.59. The molecule has 3 aromatic carbocycles. The van der Waals surface area contributed by atoms with Gasteiger partial charge in [0.15, 0.2) is 0 Å². The summed E-state index contributed by atoms with van der Waals surface area (Å²) in [4.78, 5) is 49.7. The monoisotopic (exact) mass is 922 g/mol. The third-order valence-corrected chi connectivity index (χ3v) is 14.9. The highest BCUT2D eigenvalue weighted by atomic mass is 79.9. The second-order valence-electron chi connectivity index (χ2n) is 17.2. The Bertz CT molecular complexity index is 2480. The van der Waals surface area contributed by atoms with E-state index in [-0.39, 0.29) is 17.7 Å². The fraction of sp³-hybridized carbons (Fsp3) is 0.435. The summed E-state index contributed by atoms with van der Waals surface area (Å²) in [5, 5.41) is 9.85. The highest BCUT2D eigenvalue weighted by Crippen LogP contribution is 2.42. The van der Waals surface area contributed by atoms with Crippen LogP contribution in [0.2, 0.25) is 0 Å². The zero-order valence-electron chi connectivity index (χ0n) is 36.2. The van der Waals surface area contributed by atoms with Gasteiger partial charge in [-0.1, -0.05) is 12.1 Å². The van der Waals surface area contributed by atoms with E-state index < -0.39 is 7.14 Å². The zero-order chi connectivity index (χ0) is 43.5. The van der Waals surface area contributed by atoms with Crippen LogP contribution in [0, 0.1) is 12.8 Å². The van der Waals surface area contributed by atoms with Crippen LogP contribution >= 0.6 is 23.1 Å². The smallest absolute Gasteiger partial charge is 0.234 e. The Kier molecular flexibility index (Phi) is 13.1. The van der Waals surface area contributed by atoms with Crippen LogP contribution in [0.3, 0.4) is 0 Å². The molecular formula is C46H56BrN10O4P. The summed E-state index contributed by atoms with van der Waals surface area (Å²) in [5.41, 5.74) is 7.19. The first-order valence-electron chi connectivity index (χ1n) is 21.5. The number of carbonyl (C=O) groups is 2. The number of hydrogen-bond donors (Lipinski definition) is 3. The molecule has 62 heavy (non-hydrogen) atoms. The van der Waals surface area contributed by atoms with Gasteiger partial charge in [-0.3, -0.25) is 24.9 Å². The van der Waals surface area contributed by atoms with E-state index in [0.717, 1.165) is 68.3 Å². The van der Waals surface area contributed by atoms with Crippen molar-refractivity contribution in [2.24, 2.45) is 5.92 Å². The maximum Gasteiger partial charge on any atom is 0.234 e. The number of rotatable bonds is 13. The molecule has 1 unspecified atom stereocenters. The summed E-state index contributed by atoms with van der Waals surface area (Å²) in [7, 11) is 1.21. The van der Waals surface area contributed by atoms with Crippen LogP contribution in [-0.4, -0.2) is 103 Å². The molecule has 14 nitrogen and oxygen atoms in total. The molecule has 8 rings (SSSR count). The third-order valence-electron chi connectivity index (χ3n) is 12.7. The first-order valence-corrected chi connectivity index (χ1v) is 24.9. The molecular weight excluding hydrogens is 867 g/mol. The maximum absolute atomic E-state index is 13.5. The molecule has 3 saturated heterocycles. The molecule has 2 aromatic heterocycles. The van der Waals surface area contributed by atoms with Gasteiger partial charge in [0.25, 0.3) is 0 Å². The number of anilines is 6. The van der Waals surface area contributed by atoms with Crippen molar-refractivity contribution in [3.63, 3.8) is 0 Å². The van der Waals surface area contributed by atoms with Crippen molar-refractivity contribution < 1.29 is 18.9 Å². The Balaban J connectivity index is 0.833. The minimum Gasteiger partial charge on any atom is -0.494 e. The molecule has 3 aliphatic rings. The van der Waals surface area contributed by atoms with Gasteiger partial charge in [-0.25, -0.2) is 4.98 Å². The number of aryl methyl sites for hydroxylation is 1. The Morgan fingerprint density at radius 2 is 1.63 bits per heavy atom. The topological polar surface area (TPSA) is 158 Å². The molecule has 0 bridgehead atoms. The lowest BCUT2D eigenvalue weighted by Crippen LogP contribution is -2.44. The van der Waals surface area contributed by atoms with Crippen molar-refractivity contribution in [3.8, 4) is 5.75 Å². The van der Waals surface area contributed by atoms with Gasteiger partial charge in [0.2, 0.25) is 17.8 Å². The predicted molar refractivity (Wildman–Crippen MR) is 252 cm³/mol. The van der Waals surface area contributed by atoms with Crippen LogP contribution in [0.15, 0.2) is 71.6 Å². The third kappa shape index (κ3) is 9.75. The summed E-state index contributed by atoms with van der Waals surface area (Å²) in [5.74, 6) is 1.71. The molecule has 3 N–H and O–H groups in total. The number of benzene rings is 3. The van der Waals surface area contributed by atoms with E-state index in [2.05, 4.69) is 112 Å². The van der Waals surface area contributed by atoms with E-state index in [1.807, 2.05) is 12.1 Å². The first-order chi connectivity index (χ1) is 29.8. The highest BCUT2D eigenvalue weighted by molar-refractivity contribution is 9.10. The van der Waals surface area contributed by atoms with Crippen molar-refractivity contribution >= 4 is 85.7 Å². The van der Waals surface area contributed by atoms with Crippen molar-refractivity contribution in [1.82, 2.24) is 30.2 Å². The Labute approximate surface area is 372 Å². The quantitative estimate of drug-likeness (QED) is 0.0773. The van der Waals surface area contributed by atoms with Crippen molar-refractivity contribution in [2.75, 3.05) is 80.6 Å². The Morgan fingerprint density at radius 3 is 2.34 bits per heavy atom. The van der Waals surface area contributed by atoms with Crippen molar-refractivity contribution in [1.29, 1.82) is 0 Å². The van der Waals surface area contributed by atoms with Crippen LogP contribution in [0.4, 0.5) is 34.5 Å². The van der Waals surface area contributed by atoms with Crippen LogP contribution in [0.5, 0.6) is 5.75 Å². The molecule has 16 heteroatoms. The number of amides is 2. The number of aromatic nitrogens is 4. The number of imide groups is 1. The summed E-state index contributed by atoms with van der Waals surface area (Å²) in [6, 6.07) is 16.9. The molecule has 0 spiro atoms. The zero-order valence-corrected chi connectivity index (χ0v) is 38.6.